The van der Waals surface area contributed by atoms with Crippen LogP contribution < -0.4 is 5.32 Å². The van der Waals surface area contributed by atoms with Crippen molar-refractivity contribution < 1.29 is 13.9 Å². The van der Waals surface area contributed by atoms with Crippen LogP contribution in [0.1, 0.15) is 28.1 Å². The SMILES string of the molecule is COCC(Nc1nc(CN2CCOCC2)nc2sc(C)c(C)c12)c1ccco1. The van der Waals surface area contributed by atoms with Crippen molar-refractivity contribution in [2.75, 3.05) is 45.3 Å². The Kier molecular flexibility index (Phi) is 5.91. The lowest BCUT2D eigenvalue weighted by atomic mass is 10.2. The number of aryl methyl sites for hydroxylation is 2. The Morgan fingerprint density at radius 3 is 2.82 bits per heavy atom. The molecule has 4 heterocycles. The predicted molar refractivity (Wildman–Crippen MR) is 110 cm³/mol. The van der Waals surface area contributed by atoms with E-state index in [-0.39, 0.29) is 6.04 Å². The van der Waals surface area contributed by atoms with Gasteiger partial charge in [0.15, 0.2) is 0 Å². The van der Waals surface area contributed by atoms with Crippen molar-refractivity contribution in [1.29, 1.82) is 0 Å². The minimum absolute atomic E-state index is 0.117. The van der Waals surface area contributed by atoms with Gasteiger partial charge in [-0.2, -0.15) is 0 Å². The number of hydrogen-bond donors (Lipinski definition) is 1. The van der Waals surface area contributed by atoms with E-state index in [2.05, 4.69) is 24.1 Å². The molecule has 1 atom stereocenters. The van der Waals surface area contributed by atoms with E-state index >= 15 is 0 Å². The van der Waals surface area contributed by atoms with Crippen molar-refractivity contribution in [2.45, 2.75) is 26.4 Å². The fourth-order valence-corrected chi connectivity index (χ4v) is 4.49. The highest BCUT2D eigenvalue weighted by molar-refractivity contribution is 7.18. The number of nitrogens with one attached hydrogen (secondary N) is 1. The molecule has 0 aromatic carbocycles. The molecule has 1 saturated heterocycles. The zero-order valence-corrected chi connectivity index (χ0v) is 17.3. The van der Waals surface area contributed by atoms with Crippen LogP contribution in [0.4, 0.5) is 5.82 Å². The molecule has 150 valence electrons. The van der Waals surface area contributed by atoms with E-state index in [1.165, 1.54) is 10.4 Å². The topological polar surface area (TPSA) is 72.7 Å². The fourth-order valence-electron chi connectivity index (χ4n) is 3.44. The van der Waals surface area contributed by atoms with Crippen LogP contribution in [0.5, 0.6) is 0 Å². The quantitative estimate of drug-likeness (QED) is 0.648. The summed E-state index contributed by atoms with van der Waals surface area (Å²) in [5.74, 6) is 2.50. The first kappa shape index (κ1) is 19.3. The van der Waals surface area contributed by atoms with E-state index in [1.54, 1.807) is 24.7 Å². The number of anilines is 1. The molecule has 0 amide bonds. The van der Waals surface area contributed by atoms with Gasteiger partial charge in [-0.15, -0.1) is 11.3 Å². The number of furan rings is 1. The van der Waals surface area contributed by atoms with Gasteiger partial charge in [0.1, 0.15) is 28.3 Å². The van der Waals surface area contributed by atoms with Crippen LogP contribution in [0.2, 0.25) is 0 Å². The summed E-state index contributed by atoms with van der Waals surface area (Å²) in [7, 11) is 1.69. The lowest BCUT2D eigenvalue weighted by Crippen LogP contribution is -2.36. The van der Waals surface area contributed by atoms with Crippen molar-refractivity contribution in [1.82, 2.24) is 14.9 Å². The van der Waals surface area contributed by atoms with Crippen molar-refractivity contribution in [3.8, 4) is 0 Å². The van der Waals surface area contributed by atoms with Gasteiger partial charge < -0.3 is 19.2 Å². The molecule has 7 nitrogen and oxygen atoms in total. The summed E-state index contributed by atoms with van der Waals surface area (Å²) < 4.78 is 16.5. The number of hydrogen-bond acceptors (Lipinski definition) is 8. The first-order chi connectivity index (χ1) is 13.7. The Labute approximate surface area is 168 Å². The third-order valence-electron chi connectivity index (χ3n) is 5.07. The highest BCUT2D eigenvalue weighted by Gasteiger charge is 2.21. The second-order valence-electron chi connectivity index (χ2n) is 7.01. The van der Waals surface area contributed by atoms with E-state index in [9.17, 15) is 0 Å². The summed E-state index contributed by atoms with van der Waals surface area (Å²) in [5, 5.41) is 4.63. The van der Waals surface area contributed by atoms with Crippen LogP contribution in [0, 0.1) is 13.8 Å². The fraction of sp³-hybridized carbons (Fsp3) is 0.500. The van der Waals surface area contributed by atoms with Crippen LogP contribution in [0.3, 0.4) is 0 Å². The molecule has 0 saturated carbocycles. The minimum Gasteiger partial charge on any atom is -0.467 e. The maximum Gasteiger partial charge on any atom is 0.146 e. The molecule has 1 N–H and O–H groups in total. The van der Waals surface area contributed by atoms with Crippen LogP contribution in [-0.2, 0) is 16.0 Å². The Morgan fingerprint density at radius 2 is 2.11 bits per heavy atom. The Hall–Kier alpha value is -2.00. The number of nitrogens with zero attached hydrogens (tertiary/aromatic N) is 3. The molecular formula is C20H26N4O3S. The van der Waals surface area contributed by atoms with Crippen molar-refractivity contribution in [2.24, 2.45) is 0 Å². The summed E-state index contributed by atoms with van der Waals surface area (Å²) >= 11 is 1.72. The molecule has 0 bridgehead atoms. The molecule has 1 aliphatic rings. The second-order valence-corrected chi connectivity index (χ2v) is 8.21. The summed E-state index contributed by atoms with van der Waals surface area (Å²) in [5.41, 5.74) is 1.22. The van der Waals surface area contributed by atoms with Crippen molar-refractivity contribution >= 4 is 27.4 Å². The molecule has 3 aromatic rings. The number of ether oxygens (including phenoxy) is 2. The molecule has 1 aliphatic heterocycles. The van der Waals surface area contributed by atoms with E-state index in [0.29, 0.717) is 6.61 Å². The van der Waals surface area contributed by atoms with Gasteiger partial charge in [-0.3, -0.25) is 4.90 Å². The van der Waals surface area contributed by atoms with Gasteiger partial charge in [-0.1, -0.05) is 0 Å². The first-order valence-corrected chi connectivity index (χ1v) is 10.3. The van der Waals surface area contributed by atoms with Crippen LogP contribution in [-0.4, -0.2) is 54.9 Å². The number of methoxy groups -OCH3 is 1. The molecule has 28 heavy (non-hydrogen) atoms. The van der Waals surface area contributed by atoms with Crippen molar-refractivity contribution in [3.05, 3.63) is 40.4 Å². The van der Waals surface area contributed by atoms with Crippen LogP contribution >= 0.6 is 11.3 Å². The monoisotopic (exact) mass is 402 g/mol. The smallest absolute Gasteiger partial charge is 0.146 e. The standard InChI is InChI=1S/C20H26N4O3S/c1-13-14(2)28-20-18(13)19(21-15(12-25-3)16-5-4-8-27-16)22-17(23-20)11-24-6-9-26-10-7-24/h4-5,8,15H,6-7,9-12H2,1-3H3,(H,21,22,23). The van der Waals surface area contributed by atoms with Gasteiger partial charge in [-0.25, -0.2) is 9.97 Å². The van der Waals surface area contributed by atoms with E-state index in [0.717, 1.165) is 60.5 Å². The van der Waals surface area contributed by atoms with Crippen LogP contribution in [0.15, 0.2) is 22.8 Å². The van der Waals surface area contributed by atoms with Gasteiger partial charge in [0.25, 0.3) is 0 Å². The third kappa shape index (κ3) is 4.05. The maximum absolute atomic E-state index is 5.61. The van der Waals surface area contributed by atoms with Crippen molar-refractivity contribution in [3.63, 3.8) is 0 Å². The largest absolute Gasteiger partial charge is 0.467 e. The first-order valence-electron chi connectivity index (χ1n) is 9.51. The summed E-state index contributed by atoms with van der Waals surface area (Å²) in [6.45, 7) is 8.81. The van der Waals surface area contributed by atoms with Gasteiger partial charge in [0, 0.05) is 25.1 Å². The summed E-state index contributed by atoms with van der Waals surface area (Å²) in [4.78, 5) is 14.4. The molecule has 3 aromatic heterocycles. The lowest BCUT2D eigenvalue weighted by Gasteiger charge is -2.26. The summed E-state index contributed by atoms with van der Waals surface area (Å²) in [6, 6.07) is 3.73. The summed E-state index contributed by atoms with van der Waals surface area (Å²) in [6.07, 6.45) is 1.68. The third-order valence-corrected chi connectivity index (χ3v) is 6.18. The van der Waals surface area contributed by atoms with E-state index in [4.69, 9.17) is 23.9 Å². The van der Waals surface area contributed by atoms with E-state index in [1.807, 2.05) is 12.1 Å². The molecule has 0 spiro atoms. The number of morpholine rings is 1. The molecule has 1 fully saturated rings. The average Bonchev–Trinajstić information content (AvgIpc) is 3.31. The normalized spacial score (nSPS) is 16.5. The molecule has 4 rings (SSSR count). The molecule has 1 unspecified atom stereocenters. The number of rotatable bonds is 7. The predicted octanol–water partition coefficient (Wildman–Crippen LogP) is 3.53. The molecular weight excluding hydrogens is 376 g/mol. The average molecular weight is 403 g/mol. The highest BCUT2D eigenvalue weighted by atomic mass is 32.1. The minimum atomic E-state index is -0.117. The van der Waals surface area contributed by atoms with Gasteiger partial charge >= 0.3 is 0 Å². The number of aromatic nitrogens is 2. The second kappa shape index (κ2) is 8.57. The lowest BCUT2D eigenvalue weighted by molar-refractivity contribution is 0.0331. The van der Waals surface area contributed by atoms with Gasteiger partial charge in [-0.05, 0) is 31.5 Å². The number of thiophene rings is 1. The highest BCUT2D eigenvalue weighted by Crippen LogP contribution is 2.35. The van der Waals surface area contributed by atoms with Gasteiger partial charge in [0.2, 0.25) is 0 Å². The maximum atomic E-state index is 5.61. The van der Waals surface area contributed by atoms with Crippen LogP contribution in [0.25, 0.3) is 10.2 Å². The zero-order valence-electron chi connectivity index (χ0n) is 16.5. The molecule has 0 aliphatic carbocycles. The number of fused-ring (bicyclic) bond motifs is 1. The van der Waals surface area contributed by atoms with E-state index < -0.39 is 0 Å². The molecule has 8 heteroatoms. The Bertz CT molecular complexity index is 919. The zero-order chi connectivity index (χ0) is 19.5. The Morgan fingerprint density at radius 1 is 1.29 bits per heavy atom. The molecule has 0 radical (unpaired) electrons. The Balaban J connectivity index is 1.69. The van der Waals surface area contributed by atoms with Gasteiger partial charge in [0.05, 0.1) is 38.0 Å².